The van der Waals surface area contributed by atoms with Crippen LogP contribution in [0.15, 0.2) is 0 Å². The van der Waals surface area contributed by atoms with Crippen molar-refractivity contribution in [3.63, 3.8) is 0 Å². The van der Waals surface area contributed by atoms with Crippen LogP contribution in [0.3, 0.4) is 0 Å². The van der Waals surface area contributed by atoms with E-state index in [4.69, 9.17) is 4.74 Å². The molecule has 0 spiro atoms. The zero-order chi connectivity index (χ0) is 17.2. The quantitative estimate of drug-likeness (QED) is 0.640. The summed E-state index contributed by atoms with van der Waals surface area (Å²) in [6.07, 6.45) is -0.218. The second-order valence-electron chi connectivity index (χ2n) is 6.27. The van der Waals surface area contributed by atoms with Gasteiger partial charge in [-0.05, 0) is 33.2 Å². The van der Waals surface area contributed by atoms with E-state index in [0.717, 1.165) is 65.4 Å². The second kappa shape index (κ2) is 10.8. The third-order valence-corrected chi connectivity index (χ3v) is 4.74. The zero-order valence-corrected chi connectivity index (χ0v) is 15.8. The van der Waals surface area contributed by atoms with Gasteiger partial charge in [0.1, 0.15) is 6.10 Å². The van der Waals surface area contributed by atoms with Gasteiger partial charge in [0.15, 0.2) is 0 Å². The Labute approximate surface area is 142 Å². The standard InChI is InChI=1S/C17H36N4O2/c1-6-19(7-2)14-16(15-20(8-3)9-4)23-17(22)21-12-10-18(5)11-13-21/h16H,6-15H2,1-5H3. The highest BCUT2D eigenvalue weighted by Crippen LogP contribution is 2.07. The average molecular weight is 329 g/mol. The highest BCUT2D eigenvalue weighted by Gasteiger charge is 2.25. The van der Waals surface area contributed by atoms with Crippen molar-refractivity contribution in [3.8, 4) is 0 Å². The molecular formula is C17H36N4O2. The van der Waals surface area contributed by atoms with Crippen molar-refractivity contribution < 1.29 is 9.53 Å². The molecule has 136 valence electrons. The number of nitrogens with zero attached hydrogens (tertiary/aromatic N) is 4. The molecule has 1 heterocycles. The Kier molecular flexibility index (Phi) is 9.52. The van der Waals surface area contributed by atoms with Gasteiger partial charge in [0.05, 0.1) is 0 Å². The molecule has 1 amide bonds. The summed E-state index contributed by atoms with van der Waals surface area (Å²) in [6, 6.07) is 0. The van der Waals surface area contributed by atoms with Crippen molar-refractivity contribution in [1.82, 2.24) is 19.6 Å². The molecular weight excluding hydrogens is 292 g/mol. The van der Waals surface area contributed by atoms with Gasteiger partial charge in [-0.25, -0.2) is 4.79 Å². The van der Waals surface area contributed by atoms with E-state index in [0.29, 0.717) is 0 Å². The minimum Gasteiger partial charge on any atom is -0.443 e. The maximum absolute atomic E-state index is 12.5. The summed E-state index contributed by atoms with van der Waals surface area (Å²) in [5.41, 5.74) is 0. The van der Waals surface area contributed by atoms with Crippen molar-refractivity contribution in [2.24, 2.45) is 0 Å². The topological polar surface area (TPSA) is 39.3 Å². The lowest BCUT2D eigenvalue weighted by molar-refractivity contribution is 0.0201. The number of carbonyl (C=O) groups is 1. The summed E-state index contributed by atoms with van der Waals surface area (Å²) in [5.74, 6) is 0. The van der Waals surface area contributed by atoms with Crippen LogP contribution in [-0.2, 0) is 4.74 Å². The highest BCUT2D eigenvalue weighted by atomic mass is 16.6. The van der Waals surface area contributed by atoms with E-state index in [9.17, 15) is 4.79 Å². The summed E-state index contributed by atoms with van der Waals surface area (Å²) >= 11 is 0. The Bertz CT molecular complexity index is 311. The van der Waals surface area contributed by atoms with Crippen molar-refractivity contribution in [3.05, 3.63) is 0 Å². The Morgan fingerprint density at radius 1 is 0.913 bits per heavy atom. The van der Waals surface area contributed by atoms with Crippen LogP contribution in [0, 0.1) is 0 Å². The molecule has 1 aliphatic rings. The second-order valence-corrected chi connectivity index (χ2v) is 6.27. The fraction of sp³-hybridized carbons (Fsp3) is 0.941. The number of rotatable bonds is 9. The first-order valence-corrected chi connectivity index (χ1v) is 9.12. The number of hydrogen-bond acceptors (Lipinski definition) is 5. The minimum absolute atomic E-state index is 0.0676. The third-order valence-electron chi connectivity index (χ3n) is 4.74. The maximum atomic E-state index is 12.5. The average Bonchev–Trinajstić information content (AvgIpc) is 2.57. The number of amides is 1. The molecule has 0 N–H and O–H groups in total. The fourth-order valence-electron chi connectivity index (χ4n) is 2.88. The number of carbonyl (C=O) groups excluding carboxylic acids is 1. The molecule has 0 aliphatic carbocycles. The Hall–Kier alpha value is -0.850. The summed E-state index contributed by atoms with van der Waals surface area (Å²) in [7, 11) is 2.09. The normalized spacial score (nSPS) is 16.6. The van der Waals surface area contributed by atoms with Crippen LogP contribution in [0.1, 0.15) is 27.7 Å². The lowest BCUT2D eigenvalue weighted by Crippen LogP contribution is -2.50. The molecule has 0 aromatic rings. The number of piperazine rings is 1. The molecule has 0 aromatic carbocycles. The Morgan fingerprint density at radius 2 is 1.35 bits per heavy atom. The van der Waals surface area contributed by atoms with Gasteiger partial charge < -0.3 is 24.3 Å². The van der Waals surface area contributed by atoms with Gasteiger partial charge in [-0.3, -0.25) is 0 Å². The van der Waals surface area contributed by atoms with E-state index in [1.165, 1.54) is 0 Å². The largest absolute Gasteiger partial charge is 0.443 e. The van der Waals surface area contributed by atoms with Crippen molar-refractivity contribution in [1.29, 1.82) is 0 Å². The first kappa shape index (κ1) is 20.2. The Morgan fingerprint density at radius 3 is 1.74 bits per heavy atom. The van der Waals surface area contributed by atoms with E-state index in [1.807, 2.05) is 4.90 Å². The molecule has 0 radical (unpaired) electrons. The van der Waals surface area contributed by atoms with Crippen LogP contribution in [0.4, 0.5) is 4.79 Å². The van der Waals surface area contributed by atoms with Gasteiger partial charge in [-0.2, -0.15) is 0 Å². The van der Waals surface area contributed by atoms with Gasteiger partial charge in [0.25, 0.3) is 0 Å². The fourth-order valence-corrected chi connectivity index (χ4v) is 2.88. The van der Waals surface area contributed by atoms with Crippen LogP contribution in [0.5, 0.6) is 0 Å². The minimum atomic E-state index is -0.151. The zero-order valence-electron chi connectivity index (χ0n) is 15.8. The number of likely N-dealkylation sites (N-methyl/N-ethyl adjacent to an activating group) is 3. The molecule has 1 aliphatic heterocycles. The maximum Gasteiger partial charge on any atom is 0.410 e. The molecule has 0 saturated carbocycles. The van der Waals surface area contributed by atoms with Crippen LogP contribution in [-0.4, -0.2) is 104 Å². The SMILES string of the molecule is CCN(CC)CC(CN(CC)CC)OC(=O)N1CCN(C)CC1. The number of ether oxygens (including phenoxy) is 1. The highest BCUT2D eigenvalue weighted by molar-refractivity contribution is 5.68. The molecule has 0 unspecified atom stereocenters. The monoisotopic (exact) mass is 328 g/mol. The van der Waals surface area contributed by atoms with Crippen LogP contribution < -0.4 is 0 Å². The molecule has 1 rings (SSSR count). The summed E-state index contributed by atoms with van der Waals surface area (Å²) in [4.78, 5) is 21.2. The smallest absolute Gasteiger partial charge is 0.410 e. The lowest BCUT2D eigenvalue weighted by Gasteiger charge is -2.34. The van der Waals surface area contributed by atoms with E-state index in [-0.39, 0.29) is 12.2 Å². The molecule has 0 bridgehead atoms. The third kappa shape index (κ3) is 7.06. The predicted octanol–water partition coefficient (Wildman–Crippen LogP) is 1.42. The molecule has 23 heavy (non-hydrogen) atoms. The summed E-state index contributed by atoms with van der Waals surface area (Å²) < 4.78 is 5.88. The number of hydrogen-bond donors (Lipinski definition) is 0. The lowest BCUT2D eigenvalue weighted by atomic mass is 10.2. The molecule has 0 atom stereocenters. The molecule has 1 fully saturated rings. The summed E-state index contributed by atoms with van der Waals surface area (Å²) in [6.45, 7) is 17.5. The predicted molar refractivity (Wildman–Crippen MR) is 94.9 cm³/mol. The molecule has 1 saturated heterocycles. The van der Waals surface area contributed by atoms with Gasteiger partial charge in [0, 0.05) is 39.3 Å². The molecule has 6 nitrogen and oxygen atoms in total. The van der Waals surface area contributed by atoms with Crippen molar-refractivity contribution >= 4 is 6.09 Å². The van der Waals surface area contributed by atoms with E-state index >= 15 is 0 Å². The molecule has 0 aromatic heterocycles. The first-order chi connectivity index (χ1) is 11.0. The van der Waals surface area contributed by atoms with E-state index < -0.39 is 0 Å². The van der Waals surface area contributed by atoms with Crippen molar-refractivity contribution in [2.45, 2.75) is 33.8 Å². The van der Waals surface area contributed by atoms with Gasteiger partial charge in [0.2, 0.25) is 0 Å². The van der Waals surface area contributed by atoms with Crippen LogP contribution >= 0.6 is 0 Å². The van der Waals surface area contributed by atoms with E-state index in [1.54, 1.807) is 0 Å². The first-order valence-electron chi connectivity index (χ1n) is 9.12. The van der Waals surface area contributed by atoms with E-state index in [2.05, 4.69) is 49.4 Å². The van der Waals surface area contributed by atoms with Crippen molar-refractivity contribution in [2.75, 3.05) is 72.5 Å². The van der Waals surface area contributed by atoms with Crippen LogP contribution in [0.2, 0.25) is 0 Å². The van der Waals surface area contributed by atoms with Crippen LogP contribution in [0.25, 0.3) is 0 Å². The molecule has 6 heteroatoms. The Balaban J connectivity index is 2.60. The van der Waals surface area contributed by atoms with Gasteiger partial charge in [-0.1, -0.05) is 27.7 Å². The van der Waals surface area contributed by atoms with Gasteiger partial charge in [-0.15, -0.1) is 0 Å². The summed E-state index contributed by atoms with van der Waals surface area (Å²) in [5, 5.41) is 0. The van der Waals surface area contributed by atoms with Gasteiger partial charge >= 0.3 is 6.09 Å².